The number of hydrogen-bond acceptors (Lipinski definition) is 7. The van der Waals surface area contributed by atoms with Gasteiger partial charge in [-0.05, 0) is 26.3 Å². The van der Waals surface area contributed by atoms with E-state index in [9.17, 15) is 4.79 Å². The molecular weight excluding hydrogens is 456 g/mol. The van der Waals surface area contributed by atoms with Crippen LogP contribution < -0.4 is 10.5 Å². The molecule has 1 N–H and O–H groups in total. The zero-order chi connectivity index (χ0) is 24.7. The third-order valence-electron chi connectivity index (χ3n) is 6.57. The van der Waals surface area contributed by atoms with Crippen LogP contribution >= 0.6 is 11.3 Å². The Morgan fingerprint density at radius 3 is 2.40 bits per heavy atom. The molecule has 1 aliphatic rings. The molecule has 182 valence electrons. The Morgan fingerprint density at radius 2 is 1.71 bits per heavy atom. The van der Waals surface area contributed by atoms with E-state index < -0.39 is 0 Å². The number of nitrogens with one attached hydrogen (secondary N) is 1. The van der Waals surface area contributed by atoms with E-state index in [1.807, 2.05) is 6.92 Å². The molecule has 1 saturated heterocycles. The number of fused-ring (bicyclic) bond motifs is 1. The fourth-order valence-electron chi connectivity index (χ4n) is 4.65. The first kappa shape index (κ1) is 23.6. The van der Waals surface area contributed by atoms with Gasteiger partial charge >= 0.3 is 0 Å². The average Bonchev–Trinajstić information content (AvgIpc) is 3.16. The van der Waals surface area contributed by atoms with Crippen molar-refractivity contribution in [2.45, 2.75) is 47.1 Å². The van der Waals surface area contributed by atoms with Crippen molar-refractivity contribution < 1.29 is 0 Å². The van der Waals surface area contributed by atoms with Gasteiger partial charge in [-0.3, -0.25) is 9.69 Å². The van der Waals surface area contributed by atoms with Crippen LogP contribution in [0.15, 0.2) is 35.1 Å². The lowest BCUT2D eigenvalue weighted by atomic mass is 10.0. The van der Waals surface area contributed by atoms with E-state index in [1.165, 1.54) is 5.56 Å². The number of aryl methyl sites for hydroxylation is 3. The second-order valence-electron chi connectivity index (χ2n) is 9.74. The van der Waals surface area contributed by atoms with Crippen molar-refractivity contribution in [3.8, 4) is 11.1 Å². The summed E-state index contributed by atoms with van der Waals surface area (Å²) >= 11 is 1.60. The van der Waals surface area contributed by atoms with Gasteiger partial charge in [0.25, 0.3) is 5.56 Å². The molecule has 1 aliphatic heterocycles. The minimum absolute atomic E-state index is 0.0544. The quantitative estimate of drug-likeness (QED) is 0.434. The van der Waals surface area contributed by atoms with Gasteiger partial charge in [0.2, 0.25) is 0 Å². The summed E-state index contributed by atoms with van der Waals surface area (Å²) in [7, 11) is 0. The summed E-state index contributed by atoms with van der Waals surface area (Å²) in [5, 5.41) is 0.699. The van der Waals surface area contributed by atoms with E-state index in [0.29, 0.717) is 17.8 Å². The lowest BCUT2D eigenvalue weighted by Crippen LogP contribution is -2.46. The SMILES string of the molecule is Cc1ccc(-c2c(C)sc3nc(CN4CCN(c5cc(C)nc(C(C)C)n5)CC4)[nH]c(=O)c23)cc1. The van der Waals surface area contributed by atoms with Crippen molar-refractivity contribution in [1.82, 2.24) is 24.8 Å². The van der Waals surface area contributed by atoms with Gasteiger partial charge in [0, 0.05) is 54.3 Å². The Kier molecular flexibility index (Phi) is 6.42. The molecule has 1 fully saturated rings. The molecule has 7 nitrogen and oxygen atoms in total. The third kappa shape index (κ3) is 4.86. The first-order valence-electron chi connectivity index (χ1n) is 12.2. The van der Waals surface area contributed by atoms with Gasteiger partial charge in [-0.15, -0.1) is 11.3 Å². The van der Waals surface area contributed by atoms with Gasteiger partial charge in [-0.25, -0.2) is 15.0 Å². The van der Waals surface area contributed by atoms with Crippen molar-refractivity contribution >= 4 is 27.4 Å². The number of benzene rings is 1. The Balaban J connectivity index is 1.32. The number of H-pyrrole nitrogens is 1. The molecule has 0 atom stereocenters. The van der Waals surface area contributed by atoms with Gasteiger partial charge in [-0.2, -0.15) is 0 Å². The molecule has 0 amide bonds. The fraction of sp³-hybridized carbons (Fsp3) is 0.407. The number of thiophene rings is 1. The van der Waals surface area contributed by atoms with Gasteiger partial charge in [0.1, 0.15) is 22.3 Å². The molecule has 4 heterocycles. The molecule has 0 aliphatic carbocycles. The van der Waals surface area contributed by atoms with Crippen molar-refractivity contribution in [3.05, 3.63) is 68.5 Å². The number of aromatic nitrogens is 4. The van der Waals surface area contributed by atoms with Crippen LogP contribution in [0.25, 0.3) is 21.3 Å². The lowest BCUT2D eigenvalue weighted by Gasteiger charge is -2.35. The molecule has 0 bridgehead atoms. The van der Waals surface area contributed by atoms with Crippen LogP contribution in [0.1, 0.15) is 47.5 Å². The Labute approximate surface area is 209 Å². The maximum atomic E-state index is 13.1. The predicted octanol–water partition coefficient (Wildman–Crippen LogP) is 4.81. The standard InChI is InChI=1S/C27H32N6OS/c1-16(2)25-28-18(4)14-22(31-25)33-12-10-32(11-13-33)15-21-29-26(34)24-23(19(5)35-27(24)30-21)20-8-6-17(3)7-9-20/h6-9,14,16H,10-13,15H2,1-5H3,(H,29,30,34). The molecular formula is C27H32N6OS. The monoisotopic (exact) mass is 488 g/mol. The summed E-state index contributed by atoms with van der Waals surface area (Å²) in [6, 6.07) is 10.4. The highest BCUT2D eigenvalue weighted by Gasteiger charge is 2.22. The number of aromatic amines is 1. The van der Waals surface area contributed by atoms with Crippen molar-refractivity contribution in [3.63, 3.8) is 0 Å². The van der Waals surface area contributed by atoms with Gasteiger partial charge < -0.3 is 9.88 Å². The summed E-state index contributed by atoms with van der Waals surface area (Å²) in [6.07, 6.45) is 0. The van der Waals surface area contributed by atoms with Crippen molar-refractivity contribution in [2.75, 3.05) is 31.1 Å². The van der Waals surface area contributed by atoms with E-state index in [0.717, 1.165) is 70.2 Å². The zero-order valence-corrected chi connectivity index (χ0v) is 21.9. The average molecular weight is 489 g/mol. The van der Waals surface area contributed by atoms with E-state index >= 15 is 0 Å². The summed E-state index contributed by atoms with van der Waals surface area (Å²) < 4.78 is 0. The molecule has 0 radical (unpaired) electrons. The molecule has 0 spiro atoms. The molecule has 5 rings (SSSR count). The third-order valence-corrected chi connectivity index (χ3v) is 7.57. The highest BCUT2D eigenvalue weighted by atomic mass is 32.1. The van der Waals surface area contributed by atoms with Crippen LogP contribution in [0.5, 0.6) is 0 Å². The molecule has 0 unspecified atom stereocenters. The number of anilines is 1. The van der Waals surface area contributed by atoms with Crippen LogP contribution in [0.3, 0.4) is 0 Å². The van der Waals surface area contributed by atoms with Gasteiger partial charge in [0.15, 0.2) is 0 Å². The molecule has 35 heavy (non-hydrogen) atoms. The van der Waals surface area contributed by atoms with Crippen molar-refractivity contribution in [2.24, 2.45) is 0 Å². The smallest absolute Gasteiger partial charge is 0.260 e. The lowest BCUT2D eigenvalue weighted by molar-refractivity contribution is 0.243. The van der Waals surface area contributed by atoms with Gasteiger partial charge in [-0.1, -0.05) is 43.7 Å². The molecule has 0 saturated carbocycles. The minimum atomic E-state index is -0.0544. The van der Waals surface area contributed by atoms with E-state index in [2.05, 4.69) is 77.8 Å². The normalized spacial score (nSPS) is 14.9. The molecule has 4 aromatic rings. The molecule has 8 heteroatoms. The fourth-order valence-corrected chi connectivity index (χ4v) is 5.71. The Bertz CT molecular complexity index is 1410. The van der Waals surface area contributed by atoms with E-state index in [4.69, 9.17) is 9.97 Å². The maximum Gasteiger partial charge on any atom is 0.260 e. The number of rotatable bonds is 5. The number of piperazine rings is 1. The Hall–Kier alpha value is -3.10. The first-order chi connectivity index (χ1) is 16.8. The van der Waals surface area contributed by atoms with Crippen LogP contribution in [0, 0.1) is 20.8 Å². The second-order valence-corrected chi connectivity index (χ2v) is 10.9. The highest BCUT2D eigenvalue weighted by Crippen LogP contribution is 2.35. The zero-order valence-electron chi connectivity index (χ0n) is 21.1. The largest absolute Gasteiger partial charge is 0.354 e. The summed E-state index contributed by atoms with van der Waals surface area (Å²) in [4.78, 5) is 37.0. The van der Waals surface area contributed by atoms with Crippen LogP contribution in [-0.2, 0) is 6.54 Å². The summed E-state index contributed by atoms with van der Waals surface area (Å²) in [5.41, 5.74) is 4.22. The molecule has 3 aromatic heterocycles. The van der Waals surface area contributed by atoms with Crippen LogP contribution in [0.4, 0.5) is 5.82 Å². The van der Waals surface area contributed by atoms with Crippen LogP contribution in [-0.4, -0.2) is 51.0 Å². The Morgan fingerprint density at radius 1 is 1.00 bits per heavy atom. The highest BCUT2D eigenvalue weighted by molar-refractivity contribution is 7.19. The summed E-state index contributed by atoms with van der Waals surface area (Å²) in [5.74, 6) is 2.94. The second kappa shape index (κ2) is 9.51. The topological polar surface area (TPSA) is 78.0 Å². The minimum Gasteiger partial charge on any atom is -0.354 e. The van der Waals surface area contributed by atoms with E-state index in [-0.39, 0.29) is 5.56 Å². The maximum absolute atomic E-state index is 13.1. The van der Waals surface area contributed by atoms with Crippen LogP contribution in [0.2, 0.25) is 0 Å². The molecule has 1 aromatic carbocycles. The predicted molar refractivity (Wildman–Crippen MR) is 143 cm³/mol. The van der Waals surface area contributed by atoms with Crippen molar-refractivity contribution in [1.29, 1.82) is 0 Å². The summed E-state index contributed by atoms with van der Waals surface area (Å²) in [6.45, 7) is 14.6. The number of nitrogens with zero attached hydrogens (tertiary/aromatic N) is 5. The van der Waals surface area contributed by atoms with Gasteiger partial charge in [0.05, 0.1) is 11.9 Å². The number of hydrogen-bond donors (Lipinski definition) is 1. The first-order valence-corrected chi connectivity index (χ1v) is 13.0. The van der Waals surface area contributed by atoms with E-state index in [1.54, 1.807) is 11.3 Å².